The fourth-order valence-electron chi connectivity index (χ4n) is 2.15. The van der Waals surface area contributed by atoms with E-state index < -0.39 is 0 Å². The van der Waals surface area contributed by atoms with E-state index in [0.717, 1.165) is 12.0 Å². The first-order valence-electron chi connectivity index (χ1n) is 6.61. The molecule has 2 unspecified atom stereocenters. The number of hydrogen-bond donors (Lipinski definition) is 1. The van der Waals surface area contributed by atoms with Crippen molar-refractivity contribution in [2.75, 3.05) is 21.3 Å². The second-order valence-corrected chi connectivity index (χ2v) is 4.57. The van der Waals surface area contributed by atoms with E-state index in [-0.39, 0.29) is 24.3 Å². The Labute approximate surface area is 120 Å². The number of rotatable bonds is 7. The highest BCUT2D eigenvalue weighted by Gasteiger charge is 2.23. The molecule has 0 aromatic heterocycles. The van der Waals surface area contributed by atoms with Crippen molar-refractivity contribution in [1.29, 1.82) is 0 Å². The maximum absolute atomic E-state index is 11.6. The maximum Gasteiger partial charge on any atom is 0.306 e. The summed E-state index contributed by atoms with van der Waals surface area (Å²) in [5.41, 5.74) is 7.08. The third kappa shape index (κ3) is 3.87. The van der Waals surface area contributed by atoms with Gasteiger partial charge in [-0.25, -0.2) is 0 Å². The van der Waals surface area contributed by atoms with E-state index in [0.29, 0.717) is 11.5 Å². The molecule has 1 rings (SSSR count). The molecule has 0 fully saturated rings. The topological polar surface area (TPSA) is 70.8 Å². The Morgan fingerprint density at radius 2 is 1.85 bits per heavy atom. The van der Waals surface area contributed by atoms with E-state index in [4.69, 9.17) is 19.9 Å². The summed E-state index contributed by atoms with van der Waals surface area (Å²) in [4.78, 5) is 11.6. The van der Waals surface area contributed by atoms with Gasteiger partial charge in [0.25, 0.3) is 0 Å². The van der Waals surface area contributed by atoms with Crippen LogP contribution in [0.3, 0.4) is 0 Å². The lowest BCUT2D eigenvalue weighted by Crippen LogP contribution is -2.29. The minimum absolute atomic E-state index is 0.104. The zero-order valence-electron chi connectivity index (χ0n) is 12.5. The predicted octanol–water partition coefficient (Wildman–Crippen LogP) is 2.09. The summed E-state index contributed by atoms with van der Waals surface area (Å²) in [7, 11) is 4.55. The van der Waals surface area contributed by atoms with Gasteiger partial charge >= 0.3 is 5.97 Å². The second kappa shape index (κ2) is 7.75. The fraction of sp³-hybridized carbons (Fsp3) is 0.533. The number of methoxy groups -OCH3 is 3. The van der Waals surface area contributed by atoms with Crippen LogP contribution in [0.15, 0.2) is 18.2 Å². The molecule has 0 amide bonds. The van der Waals surface area contributed by atoms with Gasteiger partial charge in [-0.1, -0.05) is 13.0 Å². The summed E-state index contributed by atoms with van der Waals surface area (Å²) >= 11 is 0. The first kappa shape index (κ1) is 16.3. The van der Waals surface area contributed by atoms with Crippen molar-refractivity contribution in [2.24, 2.45) is 5.73 Å². The number of ether oxygens (including phenoxy) is 3. The van der Waals surface area contributed by atoms with E-state index in [1.54, 1.807) is 14.2 Å². The number of esters is 1. The second-order valence-electron chi connectivity index (χ2n) is 4.57. The molecule has 5 heteroatoms. The highest BCUT2D eigenvalue weighted by Crippen LogP contribution is 2.33. The van der Waals surface area contributed by atoms with Gasteiger partial charge in [-0.3, -0.25) is 4.79 Å². The molecule has 0 spiro atoms. The zero-order valence-corrected chi connectivity index (χ0v) is 12.5. The van der Waals surface area contributed by atoms with Crippen molar-refractivity contribution in [3.8, 4) is 11.5 Å². The van der Waals surface area contributed by atoms with Crippen LogP contribution >= 0.6 is 0 Å². The number of carbonyl (C=O) groups excluding carboxylic acids is 1. The first-order chi connectivity index (χ1) is 9.57. The molecule has 112 valence electrons. The lowest BCUT2D eigenvalue weighted by atomic mass is 9.87. The molecule has 0 aliphatic carbocycles. The van der Waals surface area contributed by atoms with Crippen LogP contribution in [-0.4, -0.2) is 33.3 Å². The Kier molecular flexibility index (Phi) is 6.31. The maximum atomic E-state index is 11.6. The Balaban J connectivity index is 3.09. The van der Waals surface area contributed by atoms with Gasteiger partial charge in [0, 0.05) is 12.0 Å². The van der Waals surface area contributed by atoms with Crippen LogP contribution < -0.4 is 15.2 Å². The molecule has 0 saturated heterocycles. The molecule has 0 aliphatic heterocycles. The van der Waals surface area contributed by atoms with E-state index in [1.807, 2.05) is 25.1 Å². The van der Waals surface area contributed by atoms with Gasteiger partial charge in [0.15, 0.2) is 11.5 Å². The SMILES string of the molecule is CCC(N)C(CC(=O)OC)c1ccc(OC)c(OC)c1. The molecule has 0 bridgehead atoms. The molecule has 1 aromatic carbocycles. The van der Waals surface area contributed by atoms with Gasteiger partial charge in [0.2, 0.25) is 0 Å². The standard InChI is InChI=1S/C15H23NO4/c1-5-12(16)11(9-15(17)20-4)10-6-7-13(18-2)14(8-10)19-3/h6-8,11-12H,5,9,16H2,1-4H3. The van der Waals surface area contributed by atoms with Crippen LogP contribution in [-0.2, 0) is 9.53 Å². The number of carbonyl (C=O) groups is 1. The van der Waals surface area contributed by atoms with Gasteiger partial charge < -0.3 is 19.9 Å². The van der Waals surface area contributed by atoms with Crippen LogP contribution in [0.1, 0.15) is 31.2 Å². The van der Waals surface area contributed by atoms with E-state index in [2.05, 4.69) is 0 Å². The molecule has 2 atom stereocenters. The predicted molar refractivity (Wildman–Crippen MR) is 77.2 cm³/mol. The molecule has 1 aromatic rings. The van der Waals surface area contributed by atoms with Gasteiger partial charge in [0.05, 0.1) is 27.8 Å². The van der Waals surface area contributed by atoms with Crippen LogP contribution in [0.5, 0.6) is 11.5 Å². The highest BCUT2D eigenvalue weighted by molar-refractivity contribution is 5.70. The summed E-state index contributed by atoms with van der Waals surface area (Å²) in [6.07, 6.45) is 1.02. The molecular weight excluding hydrogens is 258 g/mol. The molecule has 0 radical (unpaired) electrons. The summed E-state index contributed by atoms with van der Waals surface area (Å²) in [6, 6.07) is 5.47. The summed E-state index contributed by atoms with van der Waals surface area (Å²) in [5, 5.41) is 0. The Hall–Kier alpha value is -1.75. The van der Waals surface area contributed by atoms with E-state index in [9.17, 15) is 4.79 Å². The summed E-state index contributed by atoms with van der Waals surface area (Å²) < 4.78 is 15.2. The Bertz CT molecular complexity index is 447. The van der Waals surface area contributed by atoms with Crippen molar-refractivity contribution < 1.29 is 19.0 Å². The van der Waals surface area contributed by atoms with Gasteiger partial charge in [-0.05, 0) is 24.1 Å². The average Bonchev–Trinajstić information content (AvgIpc) is 2.50. The summed E-state index contributed by atoms with van der Waals surface area (Å²) in [6.45, 7) is 2.00. The number of benzene rings is 1. The van der Waals surface area contributed by atoms with Crippen molar-refractivity contribution in [3.05, 3.63) is 23.8 Å². The van der Waals surface area contributed by atoms with E-state index in [1.165, 1.54) is 7.11 Å². The molecule has 5 nitrogen and oxygen atoms in total. The van der Waals surface area contributed by atoms with Crippen LogP contribution in [0.25, 0.3) is 0 Å². The fourth-order valence-corrected chi connectivity index (χ4v) is 2.15. The minimum atomic E-state index is -0.270. The monoisotopic (exact) mass is 281 g/mol. The summed E-state index contributed by atoms with van der Waals surface area (Å²) in [5.74, 6) is 0.905. The van der Waals surface area contributed by atoms with Crippen molar-refractivity contribution in [2.45, 2.75) is 31.7 Å². The third-order valence-electron chi connectivity index (χ3n) is 3.44. The van der Waals surface area contributed by atoms with E-state index >= 15 is 0 Å². The van der Waals surface area contributed by atoms with Crippen LogP contribution in [0, 0.1) is 0 Å². The first-order valence-corrected chi connectivity index (χ1v) is 6.61. The van der Waals surface area contributed by atoms with Gasteiger partial charge in [0.1, 0.15) is 0 Å². The lowest BCUT2D eigenvalue weighted by Gasteiger charge is -2.23. The molecular formula is C15H23NO4. The number of nitrogens with two attached hydrogens (primary N) is 1. The lowest BCUT2D eigenvalue weighted by molar-refractivity contribution is -0.141. The largest absolute Gasteiger partial charge is 0.493 e. The smallest absolute Gasteiger partial charge is 0.306 e. The molecule has 0 aliphatic rings. The quantitative estimate of drug-likeness (QED) is 0.775. The van der Waals surface area contributed by atoms with Crippen LogP contribution in [0.4, 0.5) is 0 Å². The Morgan fingerprint density at radius 3 is 2.35 bits per heavy atom. The third-order valence-corrected chi connectivity index (χ3v) is 3.44. The number of hydrogen-bond acceptors (Lipinski definition) is 5. The van der Waals surface area contributed by atoms with Gasteiger partial charge in [-0.15, -0.1) is 0 Å². The van der Waals surface area contributed by atoms with Crippen molar-refractivity contribution in [3.63, 3.8) is 0 Å². The molecule has 2 N–H and O–H groups in total. The minimum Gasteiger partial charge on any atom is -0.493 e. The molecule has 0 heterocycles. The zero-order chi connectivity index (χ0) is 15.1. The normalized spacial score (nSPS) is 13.4. The highest BCUT2D eigenvalue weighted by atomic mass is 16.5. The van der Waals surface area contributed by atoms with Crippen molar-refractivity contribution >= 4 is 5.97 Å². The Morgan fingerprint density at radius 1 is 1.20 bits per heavy atom. The molecule has 20 heavy (non-hydrogen) atoms. The van der Waals surface area contributed by atoms with Gasteiger partial charge in [-0.2, -0.15) is 0 Å². The average molecular weight is 281 g/mol. The van der Waals surface area contributed by atoms with Crippen LogP contribution in [0.2, 0.25) is 0 Å². The van der Waals surface area contributed by atoms with Crippen molar-refractivity contribution in [1.82, 2.24) is 0 Å². The molecule has 0 saturated carbocycles.